The van der Waals surface area contributed by atoms with Crippen LogP contribution < -0.4 is 11.1 Å². The molecule has 1 saturated heterocycles. The Bertz CT molecular complexity index is 857. The molecule has 156 valence electrons. The lowest BCUT2D eigenvalue weighted by atomic mass is 9.91. The van der Waals surface area contributed by atoms with Gasteiger partial charge in [0.15, 0.2) is 0 Å². The molecule has 2 amide bonds. The van der Waals surface area contributed by atoms with Gasteiger partial charge in [-0.15, -0.1) is 12.4 Å². The third-order valence-corrected chi connectivity index (χ3v) is 5.26. The molecular weight excluding hydrogens is 386 g/mol. The Morgan fingerprint density at radius 1 is 1.07 bits per heavy atom. The zero-order valence-corrected chi connectivity index (χ0v) is 18.1. The molecule has 2 aromatic rings. The largest absolute Gasteiger partial charge is 0.399 e. The average Bonchev–Trinajstić information content (AvgIpc) is 2.64. The van der Waals surface area contributed by atoms with E-state index in [0.29, 0.717) is 28.8 Å². The summed E-state index contributed by atoms with van der Waals surface area (Å²) >= 11 is 0. The van der Waals surface area contributed by atoms with E-state index in [1.807, 2.05) is 36.1 Å². The summed E-state index contributed by atoms with van der Waals surface area (Å²) in [6.45, 7) is 7.88. The highest BCUT2D eigenvalue weighted by Gasteiger charge is 2.26. The molecule has 1 heterocycles. The first kappa shape index (κ1) is 22.8. The maximum Gasteiger partial charge on any atom is 0.253 e. The molecule has 0 aromatic heterocycles. The first-order valence-electron chi connectivity index (χ1n) is 9.86. The number of carbonyl (C=O) groups excluding carboxylic acids is 2. The molecule has 2 unspecified atom stereocenters. The molecule has 0 aliphatic carbocycles. The molecular formula is C23H30ClN3O2. The van der Waals surface area contributed by atoms with Gasteiger partial charge in [0.05, 0.1) is 6.42 Å². The van der Waals surface area contributed by atoms with E-state index in [4.69, 9.17) is 5.73 Å². The minimum absolute atomic E-state index is 0. The van der Waals surface area contributed by atoms with Crippen LogP contribution in [0.2, 0.25) is 0 Å². The number of rotatable bonds is 4. The smallest absolute Gasteiger partial charge is 0.253 e. The molecule has 1 fully saturated rings. The number of hydrogen-bond donors (Lipinski definition) is 2. The van der Waals surface area contributed by atoms with Crippen molar-refractivity contribution in [1.29, 1.82) is 0 Å². The van der Waals surface area contributed by atoms with Crippen LogP contribution in [0.4, 0.5) is 11.4 Å². The Kier molecular flexibility index (Phi) is 7.68. The van der Waals surface area contributed by atoms with E-state index in [-0.39, 0.29) is 30.6 Å². The van der Waals surface area contributed by atoms with Crippen LogP contribution in [0, 0.1) is 18.8 Å². The van der Waals surface area contributed by atoms with Crippen LogP contribution in [0.3, 0.4) is 0 Å². The number of likely N-dealkylation sites (tertiary alicyclic amines) is 1. The Morgan fingerprint density at radius 2 is 1.69 bits per heavy atom. The zero-order valence-electron chi connectivity index (χ0n) is 17.3. The predicted octanol–water partition coefficient (Wildman–Crippen LogP) is 4.30. The van der Waals surface area contributed by atoms with Crippen molar-refractivity contribution in [3.05, 3.63) is 59.2 Å². The van der Waals surface area contributed by atoms with E-state index in [1.165, 1.54) is 0 Å². The number of nitrogens with two attached hydrogens (primary N) is 1. The number of benzene rings is 2. The summed E-state index contributed by atoms with van der Waals surface area (Å²) in [6.07, 6.45) is 1.42. The summed E-state index contributed by atoms with van der Waals surface area (Å²) in [6, 6.07) is 12.8. The Balaban J connectivity index is 0.00000300. The molecule has 5 nitrogen and oxygen atoms in total. The summed E-state index contributed by atoms with van der Waals surface area (Å²) in [5.41, 5.74) is 9.50. The summed E-state index contributed by atoms with van der Waals surface area (Å²) in [7, 11) is 0. The number of nitrogen functional groups attached to an aromatic ring is 1. The second-order valence-electron chi connectivity index (χ2n) is 8.15. The van der Waals surface area contributed by atoms with Crippen molar-refractivity contribution in [2.24, 2.45) is 11.8 Å². The van der Waals surface area contributed by atoms with Crippen LogP contribution in [0.1, 0.15) is 41.8 Å². The molecule has 0 bridgehead atoms. The van der Waals surface area contributed by atoms with Crippen molar-refractivity contribution in [2.45, 2.75) is 33.6 Å². The van der Waals surface area contributed by atoms with Gasteiger partial charge in [0.1, 0.15) is 0 Å². The summed E-state index contributed by atoms with van der Waals surface area (Å²) in [5.74, 6) is 0.944. The van der Waals surface area contributed by atoms with Gasteiger partial charge in [0.2, 0.25) is 5.91 Å². The minimum Gasteiger partial charge on any atom is -0.399 e. The van der Waals surface area contributed by atoms with E-state index in [2.05, 4.69) is 19.2 Å². The van der Waals surface area contributed by atoms with Gasteiger partial charge in [-0.1, -0.05) is 32.0 Å². The van der Waals surface area contributed by atoms with E-state index in [1.54, 1.807) is 18.2 Å². The molecule has 3 N–H and O–H groups in total. The zero-order chi connectivity index (χ0) is 20.3. The van der Waals surface area contributed by atoms with E-state index in [9.17, 15) is 9.59 Å². The standard InChI is InChI=1S/C23H29N3O2.ClH/c1-15-10-16(2)14-26(13-15)23(28)19-7-4-17(3)21(12-19)25-22(27)11-18-5-8-20(24)9-6-18;/h4-9,12,15-16H,10-11,13-14,24H2,1-3H3,(H,25,27);1H. The number of nitrogens with one attached hydrogen (secondary N) is 1. The van der Waals surface area contributed by atoms with Gasteiger partial charge in [-0.05, 0) is 60.6 Å². The maximum atomic E-state index is 13.0. The van der Waals surface area contributed by atoms with Crippen LogP contribution in [0.5, 0.6) is 0 Å². The van der Waals surface area contributed by atoms with Crippen LogP contribution in [-0.2, 0) is 11.2 Å². The van der Waals surface area contributed by atoms with Crippen molar-refractivity contribution >= 4 is 35.6 Å². The number of nitrogens with zero attached hydrogens (tertiary/aromatic N) is 1. The lowest BCUT2D eigenvalue weighted by molar-refractivity contribution is -0.115. The van der Waals surface area contributed by atoms with Gasteiger partial charge in [-0.2, -0.15) is 0 Å². The number of amides is 2. The first-order chi connectivity index (χ1) is 13.3. The van der Waals surface area contributed by atoms with E-state index >= 15 is 0 Å². The highest BCUT2D eigenvalue weighted by atomic mass is 35.5. The summed E-state index contributed by atoms with van der Waals surface area (Å²) < 4.78 is 0. The first-order valence-corrected chi connectivity index (χ1v) is 9.86. The fraction of sp³-hybridized carbons (Fsp3) is 0.391. The maximum absolute atomic E-state index is 13.0. The van der Waals surface area contributed by atoms with Gasteiger partial charge in [-0.3, -0.25) is 9.59 Å². The second-order valence-corrected chi connectivity index (χ2v) is 8.15. The third kappa shape index (κ3) is 5.97. The number of piperidine rings is 1. The van der Waals surface area contributed by atoms with E-state index < -0.39 is 0 Å². The molecule has 2 atom stereocenters. The molecule has 29 heavy (non-hydrogen) atoms. The normalized spacial score (nSPS) is 18.7. The van der Waals surface area contributed by atoms with Gasteiger partial charge in [0.25, 0.3) is 5.91 Å². The number of anilines is 2. The van der Waals surface area contributed by atoms with E-state index in [0.717, 1.165) is 30.6 Å². The lowest BCUT2D eigenvalue weighted by Crippen LogP contribution is -2.42. The fourth-order valence-electron chi connectivity index (χ4n) is 3.92. The quantitative estimate of drug-likeness (QED) is 0.731. The van der Waals surface area contributed by atoms with Crippen LogP contribution in [-0.4, -0.2) is 29.8 Å². The van der Waals surface area contributed by atoms with Gasteiger partial charge in [0, 0.05) is 30.0 Å². The van der Waals surface area contributed by atoms with Crippen molar-refractivity contribution in [2.75, 3.05) is 24.1 Å². The molecule has 0 radical (unpaired) electrons. The highest BCUT2D eigenvalue weighted by Crippen LogP contribution is 2.24. The molecule has 0 spiro atoms. The lowest BCUT2D eigenvalue weighted by Gasteiger charge is -2.35. The Hall–Kier alpha value is -2.53. The highest BCUT2D eigenvalue weighted by molar-refractivity contribution is 5.98. The van der Waals surface area contributed by atoms with Gasteiger partial charge >= 0.3 is 0 Å². The van der Waals surface area contributed by atoms with Crippen LogP contribution in [0.25, 0.3) is 0 Å². The van der Waals surface area contributed by atoms with Crippen molar-refractivity contribution in [1.82, 2.24) is 4.90 Å². The minimum atomic E-state index is -0.113. The van der Waals surface area contributed by atoms with Crippen molar-refractivity contribution < 1.29 is 9.59 Å². The predicted molar refractivity (Wildman–Crippen MR) is 120 cm³/mol. The second kappa shape index (κ2) is 9.79. The Labute approximate surface area is 179 Å². The number of halogens is 1. The topological polar surface area (TPSA) is 75.4 Å². The molecule has 2 aromatic carbocycles. The molecule has 0 saturated carbocycles. The molecule has 3 rings (SSSR count). The summed E-state index contributed by atoms with van der Waals surface area (Å²) in [4.78, 5) is 27.3. The number of aryl methyl sites for hydroxylation is 1. The third-order valence-electron chi connectivity index (χ3n) is 5.26. The average molecular weight is 416 g/mol. The molecule has 1 aliphatic heterocycles. The SMILES string of the molecule is Cc1ccc(C(=O)N2CC(C)CC(C)C2)cc1NC(=O)Cc1ccc(N)cc1.Cl. The van der Waals surface area contributed by atoms with Crippen LogP contribution in [0.15, 0.2) is 42.5 Å². The van der Waals surface area contributed by atoms with Gasteiger partial charge in [-0.25, -0.2) is 0 Å². The van der Waals surface area contributed by atoms with Crippen molar-refractivity contribution in [3.8, 4) is 0 Å². The molecule has 1 aliphatic rings. The molecule has 6 heteroatoms. The Morgan fingerprint density at radius 3 is 2.31 bits per heavy atom. The van der Waals surface area contributed by atoms with Gasteiger partial charge < -0.3 is 16.0 Å². The fourth-order valence-corrected chi connectivity index (χ4v) is 3.92. The van der Waals surface area contributed by atoms with Crippen LogP contribution >= 0.6 is 12.4 Å². The number of carbonyl (C=O) groups is 2. The summed E-state index contributed by atoms with van der Waals surface area (Å²) in [5, 5.41) is 2.95. The van der Waals surface area contributed by atoms with Crippen molar-refractivity contribution in [3.63, 3.8) is 0 Å². The number of hydrogen-bond acceptors (Lipinski definition) is 3. The monoisotopic (exact) mass is 415 g/mol.